The molecule has 0 aliphatic heterocycles. The predicted molar refractivity (Wildman–Crippen MR) is 50.9 cm³/mol. The molecule has 0 aromatic carbocycles. The second-order valence-corrected chi connectivity index (χ2v) is 2.67. The van der Waals surface area contributed by atoms with E-state index in [4.69, 9.17) is 6.48 Å². The van der Waals surface area contributed by atoms with Gasteiger partial charge in [0.05, 0.1) is 0 Å². The van der Waals surface area contributed by atoms with Gasteiger partial charge in [0.25, 0.3) is 0 Å². The number of nitrogens with zero attached hydrogens (tertiary/aromatic N) is 1. The van der Waals surface area contributed by atoms with Crippen molar-refractivity contribution in [2.45, 2.75) is 26.5 Å². The van der Waals surface area contributed by atoms with E-state index in [1.807, 2.05) is 0 Å². The molecule has 1 radical (unpaired) electrons. The number of hydrogen-bond donors (Lipinski definition) is 1. The molecule has 73 valence electrons. The van der Waals surface area contributed by atoms with E-state index in [1.165, 1.54) is 4.90 Å². The van der Waals surface area contributed by atoms with Gasteiger partial charge >= 0.3 is 5.97 Å². The average Bonchev–Trinajstić information content (AvgIpc) is 2.12. The molecule has 0 rings (SSSR count). The molecule has 0 saturated carbocycles. The first-order chi connectivity index (χ1) is 6.61. The third kappa shape index (κ3) is 5.28. The van der Waals surface area contributed by atoms with Crippen molar-refractivity contribution in [2.75, 3.05) is 13.1 Å². The smallest absolute Gasteiger partial charge is 0.323 e. The van der Waals surface area contributed by atoms with Gasteiger partial charge in [0.2, 0.25) is 5.91 Å². The van der Waals surface area contributed by atoms with E-state index in [1.54, 1.807) is 14.1 Å². The summed E-state index contributed by atoms with van der Waals surface area (Å²) in [5.41, 5.74) is 0. The Labute approximate surface area is 80.6 Å². The van der Waals surface area contributed by atoms with Crippen LogP contribution in [0.15, 0.2) is 0 Å². The van der Waals surface area contributed by atoms with Crippen LogP contribution in [0.3, 0.4) is 0 Å². The molecule has 0 spiro atoms. The summed E-state index contributed by atoms with van der Waals surface area (Å²) in [5, 5.41) is 8.55. The number of amides is 1. The van der Waals surface area contributed by atoms with Gasteiger partial charge in [-0.2, -0.15) is 0 Å². The first kappa shape index (κ1) is 10.1. The third-order valence-corrected chi connectivity index (χ3v) is 1.49. The van der Waals surface area contributed by atoms with Crippen LogP contribution in [0.4, 0.5) is 0 Å². The highest BCUT2D eigenvalue weighted by atomic mass is 16.4. The quantitative estimate of drug-likeness (QED) is 0.613. The highest BCUT2D eigenvalue weighted by molar-refractivity contribution is 6.39. The van der Waals surface area contributed by atoms with Crippen LogP contribution in [-0.2, 0) is 9.59 Å². The summed E-state index contributed by atoms with van der Waals surface area (Å²) in [6.07, 6.45) is 0.772. The molecular formula is C8H15BNO3. The fourth-order valence-corrected chi connectivity index (χ4v) is 0.950. The van der Waals surface area contributed by atoms with E-state index in [0.29, 0.717) is 13.0 Å². The van der Waals surface area contributed by atoms with Gasteiger partial charge in [-0.25, -0.2) is 0 Å². The van der Waals surface area contributed by atoms with Gasteiger partial charge in [-0.3, -0.25) is 9.59 Å². The van der Waals surface area contributed by atoms with Gasteiger partial charge in [-0.1, -0.05) is 13.7 Å². The van der Waals surface area contributed by atoms with Crippen LogP contribution in [-0.4, -0.2) is 42.3 Å². The largest absolute Gasteiger partial charge is 0.480 e. The minimum absolute atomic E-state index is 0.191. The van der Waals surface area contributed by atoms with Crippen molar-refractivity contribution < 1.29 is 16.1 Å². The lowest BCUT2D eigenvalue weighted by Crippen LogP contribution is -2.36. The Morgan fingerprint density at radius 1 is 1.62 bits per heavy atom. The van der Waals surface area contributed by atoms with Gasteiger partial charge < -0.3 is 10.0 Å². The van der Waals surface area contributed by atoms with Crippen molar-refractivity contribution >= 4 is 19.2 Å². The maximum absolute atomic E-state index is 11.4. The molecule has 13 heavy (non-hydrogen) atoms. The Kier molecular flexibility index (Phi) is 5.05. The number of carboxylic acids is 1. The van der Waals surface area contributed by atoms with Gasteiger partial charge in [0.1, 0.15) is 13.8 Å². The fourth-order valence-electron chi connectivity index (χ4n) is 0.950. The Balaban J connectivity index is 4.08. The van der Waals surface area contributed by atoms with Crippen LogP contribution < -0.4 is 0 Å². The number of aliphatic carboxylic acids is 1. The maximum atomic E-state index is 11.4. The standard InChI is InChI=1S/C8H15BNO3/c1-3-4-10(6-8(12)13)7(11)5-9-2/h3-6H2,1-2H3,(H,12,13)/i1T. The third-order valence-electron chi connectivity index (χ3n) is 1.49. The molecule has 0 aromatic rings. The van der Waals surface area contributed by atoms with Crippen LogP contribution >= 0.6 is 0 Å². The van der Waals surface area contributed by atoms with Crippen molar-refractivity contribution in [3.05, 3.63) is 0 Å². The van der Waals surface area contributed by atoms with Crippen LogP contribution in [0.1, 0.15) is 14.7 Å². The second kappa shape index (κ2) is 6.51. The average molecular weight is 186 g/mol. The number of carboxylic acid groups (broad SMARTS) is 1. The zero-order chi connectivity index (χ0) is 11.0. The molecule has 4 nitrogen and oxygen atoms in total. The van der Waals surface area contributed by atoms with Gasteiger partial charge in [0, 0.05) is 7.92 Å². The summed E-state index contributed by atoms with van der Waals surface area (Å²) in [6.45, 7) is 2.04. The van der Waals surface area contributed by atoms with E-state index in [9.17, 15) is 9.59 Å². The van der Waals surface area contributed by atoms with E-state index in [-0.39, 0.29) is 25.7 Å². The zero-order valence-electron chi connectivity index (χ0n) is 8.82. The van der Waals surface area contributed by atoms with Crippen molar-refractivity contribution in [1.82, 2.24) is 4.90 Å². The monoisotopic (exact) mass is 186 g/mol. The van der Waals surface area contributed by atoms with E-state index < -0.39 is 5.97 Å². The van der Waals surface area contributed by atoms with Crippen LogP contribution in [0.25, 0.3) is 0 Å². The predicted octanol–water partition coefficient (Wildman–Crippen LogP) is 0.480. The maximum Gasteiger partial charge on any atom is 0.323 e. The SMILES string of the molecule is [3H]CCCN(CC(=O)O)C(=O)C[B]C. The lowest BCUT2D eigenvalue weighted by Gasteiger charge is -2.19. The summed E-state index contributed by atoms with van der Waals surface area (Å²) in [6, 6.07) is 0. The van der Waals surface area contributed by atoms with Crippen molar-refractivity contribution in [2.24, 2.45) is 0 Å². The number of carbonyl (C=O) groups is 2. The number of hydrogen-bond acceptors (Lipinski definition) is 2. The Morgan fingerprint density at radius 3 is 2.77 bits per heavy atom. The molecule has 0 saturated heterocycles. The molecule has 5 heteroatoms. The molecule has 0 atom stereocenters. The van der Waals surface area contributed by atoms with E-state index in [0.717, 1.165) is 0 Å². The first-order valence-electron chi connectivity index (χ1n) is 4.89. The summed E-state index contributed by atoms with van der Waals surface area (Å²) in [5.74, 6) is -1.21. The molecule has 0 aliphatic rings. The van der Waals surface area contributed by atoms with Crippen LogP contribution in [0, 0.1) is 0 Å². The first-order valence-corrected chi connectivity index (χ1v) is 4.18. The summed E-state index contributed by atoms with van der Waals surface area (Å²) in [7, 11) is 1.69. The normalized spacial score (nSPS) is 10.4. The Bertz CT molecular complexity index is 201. The lowest BCUT2D eigenvalue weighted by atomic mass is 9.77. The topological polar surface area (TPSA) is 57.6 Å². The van der Waals surface area contributed by atoms with Gasteiger partial charge in [-0.15, -0.1) is 0 Å². The lowest BCUT2D eigenvalue weighted by molar-refractivity contribution is -0.143. The van der Waals surface area contributed by atoms with E-state index >= 15 is 0 Å². The summed E-state index contributed by atoms with van der Waals surface area (Å²) >= 11 is 0. The number of carbonyl (C=O) groups excluding carboxylic acids is 1. The van der Waals surface area contributed by atoms with Crippen molar-refractivity contribution in [3.63, 3.8) is 0 Å². The molecule has 0 unspecified atom stereocenters. The second-order valence-electron chi connectivity index (χ2n) is 2.67. The minimum Gasteiger partial charge on any atom is -0.480 e. The van der Waals surface area contributed by atoms with E-state index in [2.05, 4.69) is 0 Å². The molecule has 0 heterocycles. The minimum atomic E-state index is -1.01. The van der Waals surface area contributed by atoms with Crippen molar-refractivity contribution in [1.29, 1.82) is 0 Å². The zero-order valence-corrected chi connectivity index (χ0v) is 7.82. The summed E-state index contributed by atoms with van der Waals surface area (Å²) < 4.78 is 6.93. The van der Waals surface area contributed by atoms with Crippen LogP contribution in [0.5, 0.6) is 0 Å². The molecule has 0 fully saturated rings. The molecule has 0 bridgehead atoms. The number of rotatable bonds is 6. The molecular weight excluding hydrogens is 169 g/mol. The molecule has 0 aliphatic carbocycles. The van der Waals surface area contributed by atoms with Crippen LogP contribution in [0.2, 0.25) is 13.1 Å². The van der Waals surface area contributed by atoms with Gasteiger partial charge in [-0.05, 0) is 12.7 Å². The Morgan fingerprint density at radius 2 is 2.31 bits per heavy atom. The molecule has 1 N–H and O–H groups in total. The fraction of sp³-hybridized carbons (Fsp3) is 0.750. The molecule has 0 aromatic heterocycles. The Hall–Kier alpha value is -0.995. The van der Waals surface area contributed by atoms with Crippen molar-refractivity contribution in [3.8, 4) is 0 Å². The highest BCUT2D eigenvalue weighted by Gasteiger charge is 2.14. The molecule has 1 amide bonds. The highest BCUT2D eigenvalue weighted by Crippen LogP contribution is 1.96. The van der Waals surface area contributed by atoms with Gasteiger partial charge in [0.15, 0.2) is 0 Å². The summed E-state index contributed by atoms with van der Waals surface area (Å²) in [4.78, 5) is 23.1.